The van der Waals surface area contributed by atoms with Crippen LogP contribution in [0.2, 0.25) is 0 Å². The Balaban J connectivity index is 2.07. The lowest BCUT2D eigenvalue weighted by molar-refractivity contribution is 0.453. The van der Waals surface area contributed by atoms with Crippen LogP contribution in [0.25, 0.3) is 16.9 Å². The molecule has 0 aliphatic heterocycles. The van der Waals surface area contributed by atoms with Crippen LogP contribution in [0.5, 0.6) is 5.75 Å². The Morgan fingerprint density at radius 2 is 2.17 bits per heavy atom. The van der Waals surface area contributed by atoms with E-state index in [0.29, 0.717) is 17.0 Å². The zero-order valence-corrected chi connectivity index (χ0v) is 13.4. The van der Waals surface area contributed by atoms with Gasteiger partial charge >= 0.3 is 7.69 Å². The first kappa shape index (κ1) is 15.8. The van der Waals surface area contributed by atoms with E-state index >= 15 is 0 Å². The second-order valence-corrected chi connectivity index (χ2v) is 5.55. The standard InChI is InChI=1S/C16H16BN5O2/c1-10(2)21-14-6-13(19-9-16(14)24-17-23)15-4-3-12-5-11(7-18)8-20-22(12)15/h3-6,8-10,17,23H,1-2H3,(H,19,21). The molecule has 0 unspecified atom stereocenters. The first-order valence-electron chi connectivity index (χ1n) is 7.51. The van der Waals surface area contributed by atoms with Gasteiger partial charge in [0, 0.05) is 6.04 Å². The highest BCUT2D eigenvalue weighted by Gasteiger charge is 2.12. The molecule has 0 amide bonds. The second kappa shape index (κ2) is 6.60. The summed E-state index contributed by atoms with van der Waals surface area (Å²) in [5, 5.41) is 25.6. The first-order chi connectivity index (χ1) is 11.6. The number of anilines is 1. The molecule has 0 saturated heterocycles. The highest BCUT2D eigenvalue weighted by molar-refractivity contribution is 6.17. The Hall–Kier alpha value is -3.05. The molecule has 0 aliphatic carbocycles. The summed E-state index contributed by atoms with van der Waals surface area (Å²) >= 11 is 0. The van der Waals surface area contributed by atoms with Crippen LogP contribution in [-0.4, -0.2) is 33.3 Å². The minimum absolute atomic E-state index is 0.196. The number of pyridine rings is 1. The fraction of sp³-hybridized carbons (Fsp3) is 0.188. The van der Waals surface area contributed by atoms with E-state index in [1.807, 2.05) is 32.0 Å². The molecule has 3 heterocycles. The van der Waals surface area contributed by atoms with Crippen LogP contribution in [-0.2, 0) is 0 Å². The summed E-state index contributed by atoms with van der Waals surface area (Å²) in [6, 6.07) is 9.69. The van der Waals surface area contributed by atoms with Gasteiger partial charge in [0.25, 0.3) is 0 Å². The van der Waals surface area contributed by atoms with Gasteiger partial charge in [0.05, 0.1) is 40.5 Å². The minimum atomic E-state index is -0.416. The van der Waals surface area contributed by atoms with Crippen LogP contribution in [0, 0.1) is 11.3 Å². The Morgan fingerprint density at radius 3 is 2.88 bits per heavy atom. The van der Waals surface area contributed by atoms with Gasteiger partial charge in [-0.3, -0.25) is 4.98 Å². The number of aromatic nitrogens is 3. The molecule has 2 N–H and O–H groups in total. The average molecular weight is 321 g/mol. The molecule has 0 aliphatic rings. The summed E-state index contributed by atoms with van der Waals surface area (Å²) in [4.78, 5) is 4.40. The average Bonchev–Trinajstić information content (AvgIpc) is 2.99. The molecule has 0 spiro atoms. The van der Waals surface area contributed by atoms with Crippen LogP contribution < -0.4 is 9.97 Å². The summed E-state index contributed by atoms with van der Waals surface area (Å²) < 4.78 is 6.93. The van der Waals surface area contributed by atoms with Gasteiger partial charge in [-0.15, -0.1) is 0 Å². The van der Waals surface area contributed by atoms with Crippen LogP contribution in [0.4, 0.5) is 5.69 Å². The van der Waals surface area contributed by atoms with Crippen LogP contribution in [0.1, 0.15) is 19.4 Å². The largest absolute Gasteiger partial charge is 0.536 e. The van der Waals surface area contributed by atoms with Gasteiger partial charge in [-0.2, -0.15) is 10.4 Å². The van der Waals surface area contributed by atoms with E-state index in [1.54, 1.807) is 16.8 Å². The predicted molar refractivity (Wildman–Crippen MR) is 91.9 cm³/mol. The van der Waals surface area contributed by atoms with Gasteiger partial charge in [0.1, 0.15) is 11.8 Å². The first-order valence-corrected chi connectivity index (χ1v) is 7.51. The van der Waals surface area contributed by atoms with Crippen molar-refractivity contribution in [2.24, 2.45) is 0 Å². The zero-order valence-electron chi connectivity index (χ0n) is 13.4. The Labute approximate surface area is 139 Å². The van der Waals surface area contributed by atoms with Crippen molar-refractivity contribution < 1.29 is 9.68 Å². The van der Waals surface area contributed by atoms with Crippen molar-refractivity contribution in [3.63, 3.8) is 0 Å². The monoisotopic (exact) mass is 321 g/mol. The van der Waals surface area contributed by atoms with Crippen molar-refractivity contribution in [2.75, 3.05) is 5.32 Å². The van der Waals surface area contributed by atoms with Crippen LogP contribution >= 0.6 is 0 Å². The molecule has 0 bridgehead atoms. The lowest BCUT2D eigenvalue weighted by Gasteiger charge is -2.15. The third-order valence-corrected chi connectivity index (χ3v) is 3.42. The highest BCUT2D eigenvalue weighted by Crippen LogP contribution is 2.29. The molecule has 0 radical (unpaired) electrons. The van der Waals surface area contributed by atoms with Crippen molar-refractivity contribution >= 4 is 18.9 Å². The smallest absolute Gasteiger partial charge is 0.504 e. The quantitative estimate of drug-likeness (QED) is 0.695. The molecular weight excluding hydrogens is 305 g/mol. The van der Waals surface area contributed by atoms with Crippen molar-refractivity contribution in [1.29, 1.82) is 5.26 Å². The molecule has 0 fully saturated rings. The van der Waals surface area contributed by atoms with E-state index < -0.39 is 7.69 Å². The van der Waals surface area contributed by atoms with Gasteiger partial charge in [-0.05, 0) is 38.1 Å². The number of nitrogens with zero attached hydrogens (tertiary/aromatic N) is 4. The number of hydrogen-bond donors (Lipinski definition) is 2. The van der Waals surface area contributed by atoms with E-state index in [0.717, 1.165) is 16.9 Å². The molecule has 0 atom stereocenters. The number of hydrogen-bond acceptors (Lipinski definition) is 6. The molecule has 7 nitrogen and oxygen atoms in total. The third kappa shape index (κ3) is 3.02. The summed E-state index contributed by atoms with van der Waals surface area (Å²) in [5.41, 5.74) is 3.58. The summed E-state index contributed by atoms with van der Waals surface area (Å²) in [5.74, 6) is 0.482. The summed E-state index contributed by atoms with van der Waals surface area (Å²) in [7, 11) is -0.416. The maximum absolute atomic E-state index is 9.00. The Kier molecular flexibility index (Phi) is 4.36. The Morgan fingerprint density at radius 1 is 1.33 bits per heavy atom. The lowest BCUT2D eigenvalue weighted by Crippen LogP contribution is -2.12. The highest BCUT2D eigenvalue weighted by atomic mass is 16.5. The topological polar surface area (TPSA) is 95.5 Å². The molecule has 120 valence electrons. The van der Waals surface area contributed by atoms with E-state index in [9.17, 15) is 0 Å². The van der Waals surface area contributed by atoms with Gasteiger partial charge in [-0.25, -0.2) is 4.52 Å². The van der Waals surface area contributed by atoms with E-state index in [-0.39, 0.29) is 6.04 Å². The molecule has 0 saturated carbocycles. The predicted octanol–water partition coefficient (Wildman–Crippen LogP) is 1.73. The number of nitrogens with one attached hydrogen (secondary N) is 1. The molecule has 0 aromatic carbocycles. The normalized spacial score (nSPS) is 10.6. The van der Waals surface area contributed by atoms with E-state index in [2.05, 4.69) is 21.5 Å². The van der Waals surface area contributed by atoms with Gasteiger partial charge in [-0.1, -0.05) is 0 Å². The van der Waals surface area contributed by atoms with E-state index in [4.69, 9.17) is 14.9 Å². The van der Waals surface area contributed by atoms with Crippen molar-refractivity contribution in [3.05, 3.63) is 42.2 Å². The lowest BCUT2D eigenvalue weighted by atomic mass is 10.2. The summed E-state index contributed by atoms with van der Waals surface area (Å²) in [6.07, 6.45) is 3.09. The van der Waals surface area contributed by atoms with Crippen molar-refractivity contribution in [2.45, 2.75) is 19.9 Å². The van der Waals surface area contributed by atoms with E-state index in [1.165, 1.54) is 6.20 Å². The molecule has 8 heteroatoms. The summed E-state index contributed by atoms with van der Waals surface area (Å²) in [6.45, 7) is 4.03. The van der Waals surface area contributed by atoms with Crippen LogP contribution in [0.3, 0.4) is 0 Å². The fourth-order valence-corrected chi connectivity index (χ4v) is 2.45. The number of nitriles is 1. The van der Waals surface area contributed by atoms with Crippen LogP contribution in [0.15, 0.2) is 36.7 Å². The Bertz CT molecular complexity index is 916. The zero-order chi connectivity index (χ0) is 17.1. The van der Waals surface area contributed by atoms with Crippen molar-refractivity contribution in [1.82, 2.24) is 14.6 Å². The molecule has 3 aromatic heterocycles. The van der Waals surface area contributed by atoms with Gasteiger partial charge in [0.2, 0.25) is 0 Å². The maximum atomic E-state index is 9.00. The van der Waals surface area contributed by atoms with Gasteiger partial charge < -0.3 is 15.0 Å². The molecular formula is C16H16BN5O2. The minimum Gasteiger partial charge on any atom is -0.536 e. The van der Waals surface area contributed by atoms with Crippen molar-refractivity contribution in [3.8, 4) is 23.2 Å². The molecule has 3 aromatic rings. The third-order valence-electron chi connectivity index (χ3n) is 3.42. The van der Waals surface area contributed by atoms with Gasteiger partial charge in [0.15, 0.2) is 0 Å². The number of fused-ring (bicyclic) bond motifs is 1. The SMILES string of the molecule is CC(C)Nc1cc(-c2ccc3cc(C#N)cnn23)ncc1OBO. The number of rotatable bonds is 5. The maximum Gasteiger partial charge on any atom is 0.504 e. The second-order valence-electron chi connectivity index (χ2n) is 5.55. The molecule has 3 rings (SSSR count). The molecule has 24 heavy (non-hydrogen) atoms. The fourth-order valence-electron chi connectivity index (χ4n) is 2.45.